The number of para-hydroxylation sites is 1. The van der Waals surface area contributed by atoms with Crippen LogP contribution in [0, 0.1) is 92.4 Å². The van der Waals surface area contributed by atoms with E-state index in [9.17, 15) is 60.6 Å². The minimum Gasteiger partial charge on any atom is -0.308 e. The molecule has 21 aromatic rings. The van der Waals surface area contributed by atoms with Gasteiger partial charge in [-0.2, -0.15) is 60.6 Å². The van der Waals surface area contributed by atoms with Crippen molar-refractivity contribution in [1.82, 2.24) is 39.0 Å². The molecule has 698 valence electrons. The molecule has 0 aliphatic rings. The molecule has 17 aromatic carbocycles. The zero-order valence-corrected chi connectivity index (χ0v) is 77.5. The Hall–Kier alpha value is -20.4. The van der Waals surface area contributed by atoms with Crippen molar-refractivity contribution in [2.45, 2.75) is 39.3 Å². The third-order valence-electron chi connectivity index (χ3n) is 25.2. The fraction of sp³-hybridized carbons (Fsp3) is 0.0492. The van der Waals surface area contributed by atoms with Crippen molar-refractivity contribution < 1.29 is 39.5 Å². The monoisotopic (exact) mass is 1930 g/mol. The summed E-state index contributed by atoms with van der Waals surface area (Å²) in [6.45, 7) is 37.2. The quantitative estimate of drug-likeness (QED) is 0.0702. The second-order valence-electron chi connectivity index (χ2n) is 35.0. The average Bonchev–Trinajstić information content (AvgIpc) is 1.58. The third-order valence-corrected chi connectivity index (χ3v) is 25.2. The SMILES string of the molecule is [C-]#[N+]c1cc([N+]#[C-])cc(-c2cc(-c3nc(-c4ccccc4)nc(-c4ccccc4)n3)cc(-c3cc(C#N)cc(C#N)c3)c2-n2c3ccc(-c4cc(C)cc(C(F)(F)F)c4)cc3c3cc(-c4cc(C)cc(C(F)(F)F)c4)ccc32)c1.[C-]#[N+]c1cc([N+]#[C-])cc(-c2cc(-c3nc(-c4ccccc4)nc(-c4ccccc4)n3)cc(-c3cc(C#N)cc(C#N)c3)c2-n2c3ccccc3c3cc(-c4cc(C)cc(C(F)(F)F)c4)ccc32)c1. The van der Waals surface area contributed by atoms with Crippen LogP contribution in [0.2, 0.25) is 0 Å². The van der Waals surface area contributed by atoms with Crippen LogP contribution in [0.15, 0.2) is 352 Å². The molecule has 0 atom stereocenters. The first-order chi connectivity index (χ1) is 71.0. The fourth-order valence-corrected chi connectivity index (χ4v) is 18.7. The van der Waals surface area contributed by atoms with Gasteiger partial charge in [-0.3, -0.25) is 0 Å². The highest BCUT2D eigenvalue weighted by molar-refractivity contribution is 6.15. The molecule has 0 aliphatic heterocycles. The van der Waals surface area contributed by atoms with E-state index in [4.69, 9.17) is 56.2 Å². The van der Waals surface area contributed by atoms with Gasteiger partial charge in [0.1, 0.15) is 0 Å². The van der Waals surface area contributed by atoms with Crippen LogP contribution in [0.1, 0.15) is 55.6 Å². The van der Waals surface area contributed by atoms with E-state index in [2.05, 4.69) is 43.7 Å². The Bertz CT molecular complexity index is 8840. The van der Waals surface area contributed by atoms with Gasteiger partial charge in [-0.25, -0.2) is 49.3 Å². The molecule has 4 heterocycles. The van der Waals surface area contributed by atoms with Crippen LogP contribution in [-0.4, -0.2) is 39.0 Å². The molecular formula is C122H67F9N16. The van der Waals surface area contributed by atoms with Crippen molar-refractivity contribution in [3.05, 3.63) is 453 Å². The van der Waals surface area contributed by atoms with Gasteiger partial charge in [-0.15, -0.1) is 0 Å². The van der Waals surface area contributed by atoms with Gasteiger partial charge in [0.2, 0.25) is 0 Å². The van der Waals surface area contributed by atoms with Gasteiger partial charge < -0.3 is 9.13 Å². The maximum Gasteiger partial charge on any atom is 0.416 e. The minimum absolute atomic E-state index is 0.141. The zero-order valence-electron chi connectivity index (χ0n) is 77.5. The van der Waals surface area contributed by atoms with Crippen molar-refractivity contribution in [3.63, 3.8) is 0 Å². The lowest BCUT2D eigenvalue weighted by atomic mass is 9.90. The van der Waals surface area contributed by atoms with E-state index in [-0.39, 0.29) is 62.0 Å². The number of aromatic nitrogens is 8. The summed E-state index contributed by atoms with van der Waals surface area (Å²) >= 11 is 0. The average molecular weight is 1930 g/mol. The van der Waals surface area contributed by atoms with Crippen molar-refractivity contribution >= 4 is 66.4 Å². The second kappa shape index (κ2) is 38.3. The molecule has 21 rings (SSSR count). The van der Waals surface area contributed by atoms with Crippen LogP contribution in [0.3, 0.4) is 0 Å². The fourth-order valence-electron chi connectivity index (χ4n) is 18.7. The second-order valence-corrected chi connectivity index (χ2v) is 35.0. The third kappa shape index (κ3) is 18.8. The molecule has 0 saturated heterocycles. The predicted molar refractivity (Wildman–Crippen MR) is 552 cm³/mol. The van der Waals surface area contributed by atoms with Crippen molar-refractivity contribution in [2.75, 3.05) is 0 Å². The largest absolute Gasteiger partial charge is 0.416 e. The molecule has 147 heavy (non-hydrogen) atoms. The van der Waals surface area contributed by atoms with Crippen LogP contribution in [0.5, 0.6) is 0 Å². The number of fused-ring (bicyclic) bond motifs is 6. The van der Waals surface area contributed by atoms with Crippen LogP contribution >= 0.6 is 0 Å². The van der Waals surface area contributed by atoms with E-state index >= 15 is 0 Å². The number of hydrogen-bond acceptors (Lipinski definition) is 10. The molecule has 0 spiro atoms. The minimum atomic E-state index is -4.66. The Kier molecular flexibility index (Phi) is 24.6. The summed E-state index contributed by atoms with van der Waals surface area (Å²) in [5.74, 6) is 2.05. The first-order valence-electron chi connectivity index (χ1n) is 45.5. The van der Waals surface area contributed by atoms with Crippen LogP contribution in [0.4, 0.5) is 62.3 Å². The summed E-state index contributed by atoms with van der Waals surface area (Å²) in [5, 5.41) is 44.1. The number of halogens is 9. The predicted octanol–water partition coefficient (Wildman–Crippen LogP) is 33.3. The zero-order chi connectivity index (χ0) is 102. The maximum absolute atomic E-state index is 14.4. The number of nitrogens with zero attached hydrogens (tertiary/aromatic N) is 16. The van der Waals surface area contributed by atoms with Crippen LogP contribution < -0.4 is 0 Å². The molecule has 0 radical (unpaired) electrons. The number of alkyl halides is 9. The number of aryl methyl sites for hydroxylation is 3. The molecule has 16 nitrogen and oxygen atoms in total. The Morgan fingerprint density at radius 1 is 0.224 bits per heavy atom. The Morgan fingerprint density at radius 3 is 0.735 bits per heavy atom. The molecule has 0 N–H and O–H groups in total. The summed E-state index contributed by atoms with van der Waals surface area (Å²) in [6, 6.07) is 108. The highest BCUT2D eigenvalue weighted by atomic mass is 19.4. The highest BCUT2D eigenvalue weighted by Crippen LogP contribution is 2.52. The number of benzene rings is 17. The van der Waals surface area contributed by atoms with E-state index in [1.54, 1.807) is 130 Å². The van der Waals surface area contributed by atoms with Gasteiger partial charge >= 0.3 is 18.5 Å². The molecule has 0 aliphatic carbocycles. The number of nitriles is 4. The molecule has 0 amide bonds. The van der Waals surface area contributed by atoms with Crippen molar-refractivity contribution in [2.24, 2.45) is 0 Å². The lowest BCUT2D eigenvalue weighted by Crippen LogP contribution is -2.05. The summed E-state index contributed by atoms with van der Waals surface area (Å²) in [6.07, 6.45) is -13.9. The van der Waals surface area contributed by atoms with Gasteiger partial charge in [-0.05, 0) is 233 Å². The van der Waals surface area contributed by atoms with E-state index < -0.39 is 35.2 Å². The first kappa shape index (κ1) is 94.3. The Labute approximate surface area is 835 Å². The lowest BCUT2D eigenvalue weighted by Gasteiger charge is -2.22. The number of rotatable bonds is 15. The van der Waals surface area contributed by atoms with Gasteiger partial charge in [0.05, 0.1) is 123 Å². The number of hydrogen-bond donors (Lipinski definition) is 0. The summed E-state index contributed by atoms with van der Waals surface area (Å²) < 4.78 is 133. The van der Waals surface area contributed by atoms with Gasteiger partial charge in [-0.1, -0.05) is 212 Å². The molecule has 0 saturated carbocycles. The topological polar surface area (TPSA) is 200 Å². The van der Waals surface area contributed by atoms with Crippen LogP contribution in [-0.2, 0) is 18.5 Å². The van der Waals surface area contributed by atoms with Crippen LogP contribution in [0.25, 0.3) is 221 Å². The van der Waals surface area contributed by atoms with Crippen molar-refractivity contribution in [3.8, 4) is 182 Å². The van der Waals surface area contributed by atoms with Crippen molar-refractivity contribution in [1.29, 1.82) is 21.0 Å². The van der Waals surface area contributed by atoms with E-state index in [1.165, 1.54) is 24.3 Å². The molecule has 25 heteroatoms. The summed E-state index contributed by atoms with van der Waals surface area (Å²) in [4.78, 5) is 45.0. The molecule has 0 fully saturated rings. The van der Waals surface area contributed by atoms with Gasteiger partial charge in [0.25, 0.3) is 0 Å². The molecule has 0 unspecified atom stereocenters. The smallest absolute Gasteiger partial charge is 0.308 e. The molecular weight excluding hydrogens is 1860 g/mol. The van der Waals surface area contributed by atoms with E-state index in [1.807, 2.05) is 191 Å². The first-order valence-corrected chi connectivity index (χ1v) is 45.5. The van der Waals surface area contributed by atoms with E-state index in [0.717, 1.165) is 63.8 Å². The molecule has 4 aromatic heterocycles. The normalized spacial score (nSPS) is 11.3. The summed E-state index contributed by atoms with van der Waals surface area (Å²) in [7, 11) is 0. The maximum atomic E-state index is 14.4. The van der Waals surface area contributed by atoms with E-state index in [0.29, 0.717) is 174 Å². The molecule has 0 bridgehead atoms. The lowest BCUT2D eigenvalue weighted by molar-refractivity contribution is -0.138. The summed E-state index contributed by atoms with van der Waals surface area (Å²) in [5.41, 5.74) is 13.6. The standard InChI is InChI=1S/C65H36F6N8.C57H31F3N8/c1-37-19-45(26-50(21-37)64(66,67)68)43-15-17-58-56(30-43)57-31-44(46-20-38(2)22-51(27-46)65(69,70)71)16-18-59(57)79(58)60-54(47-24-39(35-72)23-40(25-47)36-73)32-49(33-55(60)48-28-52(74-3)34-53(29-48)75-4)63-77-61(41-11-7-5-8-12-41)76-62(78-63)42-13-9-6-10-14-42;1-34-20-40(25-44(21-34)57(58,59)60)39-18-19-52-50(28-39)47-16-10-11-17-51(47)68(52)53-48(41-23-35(32-61)22-36(24-41)33-62)29-43(30-49(53)42-26-45(63-2)31-46(27-42)64-3)56-66-54(37-12-6-4-7-13-37)65-55(67-56)38-14-8-5-9-15-38/h5-34H,1-2H3;4-31H,1H3. The Balaban J connectivity index is 0.000000181. The Morgan fingerprint density at radius 2 is 0.469 bits per heavy atom. The van der Waals surface area contributed by atoms with Gasteiger partial charge in [0, 0.05) is 77.2 Å². The highest BCUT2D eigenvalue weighted by Gasteiger charge is 2.36. The van der Waals surface area contributed by atoms with Gasteiger partial charge in [0.15, 0.2) is 57.7 Å².